The Hall–Kier alpha value is -1.31. The van der Waals surface area contributed by atoms with Crippen LogP contribution in [-0.4, -0.2) is 18.3 Å². The average Bonchev–Trinajstić information content (AvgIpc) is 2.58. The SMILES string of the molecule is Oc1c(OCc2ccccc2)ccc(C2OCCCO2)c1I. The molecule has 1 aliphatic heterocycles. The first-order chi connectivity index (χ1) is 10.8. The Morgan fingerprint density at radius 1 is 1.09 bits per heavy atom. The molecule has 0 amide bonds. The van der Waals surface area contributed by atoms with Crippen LogP contribution in [0.5, 0.6) is 11.5 Å². The van der Waals surface area contributed by atoms with Gasteiger partial charge in [-0.05, 0) is 46.7 Å². The standard InChI is InChI=1S/C17H17IO4/c18-15-13(17-20-9-4-10-21-17)7-8-14(16(15)19)22-11-12-5-2-1-3-6-12/h1-3,5-8,17,19H,4,9-11H2. The van der Waals surface area contributed by atoms with E-state index in [-0.39, 0.29) is 5.75 Å². The van der Waals surface area contributed by atoms with E-state index < -0.39 is 6.29 Å². The van der Waals surface area contributed by atoms with Gasteiger partial charge in [-0.3, -0.25) is 0 Å². The van der Waals surface area contributed by atoms with Crippen LogP contribution in [0.3, 0.4) is 0 Å². The van der Waals surface area contributed by atoms with Gasteiger partial charge in [0.05, 0.1) is 16.8 Å². The second kappa shape index (κ2) is 7.30. The van der Waals surface area contributed by atoms with Gasteiger partial charge in [0.2, 0.25) is 0 Å². The lowest BCUT2D eigenvalue weighted by Crippen LogP contribution is -2.18. The van der Waals surface area contributed by atoms with Gasteiger partial charge < -0.3 is 19.3 Å². The second-order valence-corrected chi connectivity index (χ2v) is 6.10. The van der Waals surface area contributed by atoms with E-state index in [4.69, 9.17) is 14.2 Å². The van der Waals surface area contributed by atoms with Gasteiger partial charge in [0.1, 0.15) is 6.61 Å². The number of phenols is 1. The number of phenolic OH excluding ortho intramolecular Hbond substituents is 1. The molecule has 0 radical (unpaired) electrons. The van der Waals surface area contributed by atoms with Crippen LogP contribution in [0.4, 0.5) is 0 Å². The second-order valence-electron chi connectivity index (χ2n) is 5.02. The third-order valence-corrected chi connectivity index (χ3v) is 4.56. The molecule has 22 heavy (non-hydrogen) atoms. The lowest BCUT2D eigenvalue weighted by molar-refractivity contribution is -0.183. The van der Waals surface area contributed by atoms with Crippen molar-refractivity contribution in [2.24, 2.45) is 0 Å². The summed E-state index contributed by atoms with van der Waals surface area (Å²) in [7, 11) is 0. The van der Waals surface area contributed by atoms with Gasteiger partial charge in [-0.25, -0.2) is 0 Å². The number of hydrogen-bond acceptors (Lipinski definition) is 4. The first-order valence-electron chi connectivity index (χ1n) is 7.17. The van der Waals surface area contributed by atoms with E-state index >= 15 is 0 Å². The molecule has 0 atom stereocenters. The molecule has 116 valence electrons. The molecule has 1 heterocycles. The lowest BCUT2D eigenvalue weighted by atomic mass is 10.2. The summed E-state index contributed by atoms with van der Waals surface area (Å²) in [6.45, 7) is 1.77. The molecular formula is C17H17IO4. The maximum Gasteiger partial charge on any atom is 0.184 e. The number of ether oxygens (including phenoxy) is 3. The van der Waals surface area contributed by atoms with Crippen molar-refractivity contribution in [3.8, 4) is 11.5 Å². The number of benzene rings is 2. The number of rotatable bonds is 4. The molecule has 4 nitrogen and oxygen atoms in total. The predicted octanol–water partition coefficient (Wildman–Crippen LogP) is 4.01. The summed E-state index contributed by atoms with van der Waals surface area (Å²) in [6, 6.07) is 13.5. The van der Waals surface area contributed by atoms with Gasteiger partial charge in [0, 0.05) is 5.56 Å². The van der Waals surface area contributed by atoms with Crippen molar-refractivity contribution in [3.05, 3.63) is 57.2 Å². The molecule has 0 spiro atoms. The fourth-order valence-corrected chi connectivity index (χ4v) is 2.96. The van der Waals surface area contributed by atoms with E-state index in [1.54, 1.807) is 6.07 Å². The summed E-state index contributed by atoms with van der Waals surface area (Å²) in [5.41, 5.74) is 1.89. The highest BCUT2D eigenvalue weighted by atomic mass is 127. The molecule has 3 rings (SSSR count). The summed E-state index contributed by atoms with van der Waals surface area (Å²) < 4.78 is 17.6. The Kier molecular flexibility index (Phi) is 5.17. The lowest BCUT2D eigenvalue weighted by Gasteiger charge is -2.25. The Labute approximate surface area is 143 Å². The molecule has 0 bridgehead atoms. The highest BCUT2D eigenvalue weighted by Crippen LogP contribution is 2.38. The number of hydrogen-bond donors (Lipinski definition) is 1. The minimum absolute atomic E-state index is 0.131. The van der Waals surface area contributed by atoms with Gasteiger partial charge in [0.15, 0.2) is 17.8 Å². The molecule has 1 N–H and O–H groups in total. The minimum Gasteiger partial charge on any atom is -0.504 e. The van der Waals surface area contributed by atoms with Crippen molar-refractivity contribution in [1.29, 1.82) is 0 Å². The smallest absolute Gasteiger partial charge is 0.184 e. The van der Waals surface area contributed by atoms with Crippen LogP contribution in [0.1, 0.15) is 23.8 Å². The fourth-order valence-electron chi connectivity index (χ4n) is 2.26. The Morgan fingerprint density at radius 3 is 2.55 bits per heavy atom. The molecule has 1 saturated heterocycles. The fraction of sp³-hybridized carbons (Fsp3) is 0.294. The van der Waals surface area contributed by atoms with Gasteiger partial charge in [-0.15, -0.1) is 0 Å². The molecule has 1 fully saturated rings. The molecule has 2 aromatic rings. The third kappa shape index (κ3) is 3.53. The number of aromatic hydroxyl groups is 1. The Balaban J connectivity index is 1.74. The summed E-state index contributed by atoms with van der Waals surface area (Å²) in [4.78, 5) is 0. The van der Waals surface area contributed by atoms with E-state index in [1.165, 1.54) is 0 Å². The normalized spacial score (nSPS) is 15.7. The van der Waals surface area contributed by atoms with Gasteiger partial charge in [-0.2, -0.15) is 0 Å². The van der Waals surface area contributed by atoms with E-state index in [2.05, 4.69) is 22.6 Å². The van der Waals surface area contributed by atoms with Crippen molar-refractivity contribution < 1.29 is 19.3 Å². The molecule has 2 aromatic carbocycles. The van der Waals surface area contributed by atoms with Gasteiger partial charge >= 0.3 is 0 Å². The maximum absolute atomic E-state index is 10.3. The molecule has 0 aromatic heterocycles. The first-order valence-corrected chi connectivity index (χ1v) is 8.25. The summed E-state index contributed by atoms with van der Waals surface area (Å²) in [6.07, 6.45) is 0.492. The predicted molar refractivity (Wildman–Crippen MR) is 90.9 cm³/mol. The van der Waals surface area contributed by atoms with Crippen molar-refractivity contribution >= 4 is 22.6 Å². The third-order valence-electron chi connectivity index (χ3n) is 3.43. The van der Waals surface area contributed by atoms with Crippen LogP contribution >= 0.6 is 22.6 Å². The molecule has 0 saturated carbocycles. The van der Waals surface area contributed by atoms with E-state index in [9.17, 15) is 5.11 Å². The zero-order valence-electron chi connectivity index (χ0n) is 12.0. The van der Waals surface area contributed by atoms with Crippen molar-refractivity contribution in [2.75, 3.05) is 13.2 Å². The van der Waals surface area contributed by atoms with Crippen LogP contribution in [-0.2, 0) is 16.1 Å². The van der Waals surface area contributed by atoms with Crippen LogP contribution in [0.15, 0.2) is 42.5 Å². The maximum atomic E-state index is 10.3. The van der Waals surface area contributed by atoms with Gasteiger partial charge in [-0.1, -0.05) is 30.3 Å². The van der Waals surface area contributed by atoms with Crippen molar-refractivity contribution in [3.63, 3.8) is 0 Å². The summed E-state index contributed by atoms with van der Waals surface area (Å²) >= 11 is 2.10. The largest absolute Gasteiger partial charge is 0.504 e. The Morgan fingerprint density at radius 2 is 1.82 bits per heavy atom. The van der Waals surface area contributed by atoms with E-state index in [0.29, 0.717) is 29.1 Å². The highest BCUT2D eigenvalue weighted by molar-refractivity contribution is 14.1. The van der Waals surface area contributed by atoms with Crippen molar-refractivity contribution in [2.45, 2.75) is 19.3 Å². The number of halogens is 1. The van der Waals surface area contributed by atoms with Crippen LogP contribution in [0.2, 0.25) is 0 Å². The quantitative estimate of drug-likeness (QED) is 0.772. The topological polar surface area (TPSA) is 47.9 Å². The zero-order valence-corrected chi connectivity index (χ0v) is 14.2. The molecule has 5 heteroatoms. The molecule has 0 aliphatic carbocycles. The van der Waals surface area contributed by atoms with Crippen LogP contribution < -0.4 is 4.74 Å². The molecule has 1 aliphatic rings. The molecular weight excluding hydrogens is 395 g/mol. The van der Waals surface area contributed by atoms with Gasteiger partial charge in [0.25, 0.3) is 0 Å². The highest BCUT2D eigenvalue weighted by Gasteiger charge is 2.22. The first kappa shape index (κ1) is 15.6. The summed E-state index contributed by atoms with van der Waals surface area (Å²) in [5, 5.41) is 10.3. The monoisotopic (exact) mass is 412 g/mol. The molecule has 0 unspecified atom stereocenters. The van der Waals surface area contributed by atoms with Crippen molar-refractivity contribution in [1.82, 2.24) is 0 Å². The van der Waals surface area contributed by atoms with E-state index in [0.717, 1.165) is 17.5 Å². The minimum atomic E-state index is -0.408. The van der Waals surface area contributed by atoms with Crippen LogP contribution in [0, 0.1) is 3.57 Å². The average molecular weight is 412 g/mol. The Bertz CT molecular complexity index is 624. The summed E-state index contributed by atoms with van der Waals surface area (Å²) in [5.74, 6) is 0.597. The van der Waals surface area contributed by atoms with E-state index in [1.807, 2.05) is 36.4 Å². The zero-order chi connectivity index (χ0) is 15.4. The van der Waals surface area contributed by atoms with Crippen LogP contribution in [0.25, 0.3) is 0 Å².